The summed E-state index contributed by atoms with van der Waals surface area (Å²) < 4.78 is 0. The fourth-order valence-corrected chi connectivity index (χ4v) is 1.36. The van der Waals surface area contributed by atoms with E-state index in [1.165, 1.54) is 0 Å². The van der Waals surface area contributed by atoms with Gasteiger partial charge in [0.1, 0.15) is 5.15 Å². The molecule has 0 spiro atoms. The van der Waals surface area contributed by atoms with Crippen molar-refractivity contribution in [3.63, 3.8) is 0 Å². The number of rotatable bonds is 1. The number of carbonyl (C=O) groups is 1. The zero-order valence-corrected chi connectivity index (χ0v) is 7.51. The Kier molecular flexibility index (Phi) is 2.06. The van der Waals surface area contributed by atoms with Gasteiger partial charge in [0.05, 0.1) is 6.04 Å². The number of hydrogen-bond acceptors (Lipinski definition) is 2. The molecule has 1 saturated heterocycles. The van der Waals surface area contributed by atoms with Gasteiger partial charge in [0.2, 0.25) is 0 Å². The number of halogens is 1. The van der Waals surface area contributed by atoms with Crippen molar-refractivity contribution in [3.05, 3.63) is 29.0 Å². The smallest absolute Gasteiger partial charge is 0.315 e. The van der Waals surface area contributed by atoms with Crippen LogP contribution in [0.25, 0.3) is 0 Å². The highest BCUT2D eigenvalue weighted by atomic mass is 35.5. The van der Waals surface area contributed by atoms with Gasteiger partial charge in [-0.25, -0.2) is 9.78 Å². The molecule has 1 atom stereocenters. The number of nitrogens with zero attached hydrogens (tertiary/aromatic N) is 1. The second kappa shape index (κ2) is 3.22. The highest BCUT2D eigenvalue weighted by Gasteiger charge is 2.21. The normalized spacial score (nSPS) is 21.0. The second-order valence-corrected chi connectivity index (χ2v) is 3.21. The predicted molar refractivity (Wildman–Crippen MR) is 48.5 cm³/mol. The summed E-state index contributed by atoms with van der Waals surface area (Å²) in [7, 11) is 0. The molecule has 0 aromatic carbocycles. The van der Waals surface area contributed by atoms with Crippen LogP contribution in [0.5, 0.6) is 0 Å². The fraction of sp³-hybridized carbons (Fsp3) is 0.250. The Morgan fingerprint density at radius 1 is 1.54 bits per heavy atom. The monoisotopic (exact) mass is 197 g/mol. The fourth-order valence-electron chi connectivity index (χ4n) is 1.25. The summed E-state index contributed by atoms with van der Waals surface area (Å²) in [5, 5.41) is 5.89. The minimum absolute atomic E-state index is 0.0114. The first-order chi connectivity index (χ1) is 6.25. The molecule has 1 aliphatic rings. The molecule has 68 valence electrons. The van der Waals surface area contributed by atoms with Crippen molar-refractivity contribution in [2.45, 2.75) is 6.04 Å². The van der Waals surface area contributed by atoms with E-state index in [2.05, 4.69) is 15.6 Å². The highest BCUT2D eigenvalue weighted by molar-refractivity contribution is 6.29. The molecule has 1 unspecified atom stereocenters. The van der Waals surface area contributed by atoms with Crippen LogP contribution in [0.2, 0.25) is 5.15 Å². The molecule has 1 aromatic rings. The van der Waals surface area contributed by atoms with Crippen LogP contribution >= 0.6 is 11.6 Å². The van der Waals surface area contributed by atoms with Crippen molar-refractivity contribution < 1.29 is 4.79 Å². The first kappa shape index (κ1) is 8.31. The number of nitrogens with one attached hydrogen (secondary N) is 2. The molecule has 2 N–H and O–H groups in total. The molecule has 0 bridgehead atoms. The molecular formula is C8H8ClN3O. The third-order valence-electron chi connectivity index (χ3n) is 1.92. The van der Waals surface area contributed by atoms with Crippen LogP contribution in [0.1, 0.15) is 11.6 Å². The maximum Gasteiger partial charge on any atom is 0.315 e. The summed E-state index contributed by atoms with van der Waals surface area (Å²) >= 11 is 5.63. The van der Waals surface area contributed by atoms with Gasteiger partial charge in [-0.1, -0.05) is 17.7 Å². The molecular weight excluding hydrogens is 190 g/mol. The molecule has 1 fully saturated rings. The Bertz CT molecular complexity index is 325. The van der Waals surface area contributed by atoms with Gasteiger partial charge in [0.15, 0.2) is 0 Å². The first-order valence-corrected chi connectivity index (χ1v) is 4.29. The lowest BCUT2D eigenvalue weighted by atomic mass is 10.1. The zero-order chi connectivity index (χ0) is 9.26. The molecule has 2 heterocycles. The SMILES string of the molecule is O=C1NCC(c2ccc(Cl)nc2)N1. The van der Waals surface area contributed by atoms with Gasteiger partial charge in [0.25, 0.3) is 0 Å². The standard InChI is InChI=1S/C8H8ClN3O/c9-7-2-1-5(3-10-7)6-4-11-8(13)12-6/h1-3,6H,4H2,(H2,11,12,13). The van der Waals surface area contributed by atoms with E-state index < -0.39 is 0 Å². The molecule has 5 heteroatoms. The minimum atomic E-state index is -0.139. The average Bonchev–Trinajstić information content (AvgIpc) is 2.53. The van der Waals surface area contributed by atoms with Crippen molar-refractivity contribution in [2.24, 2.45) is 0 Å². The highest BCUT2D eigenvalue weighted by Crippen LogP contribution is 2.15. The van der Waals surface area contributed by atoms with Crippen LogP contribution in [0.4, 0.5) is 4.79 Å². The number of pyridine rings is 1. The van der Waals surface area contributed by atoms with Crippen LogP contribution in [-0.4, -0.2) is 17.6 Å². The molecule has 1 aliphatic heterocycles. The van der Waals surface area contributed by atoms with E-state index in [1.54, 1.807) is 12.3 Å². The quantitative estimate of drug-likeness (QED) is 0.663. The van der Waals surface area contributed by atoms with E-state index in [0.717, 1.165) is 5.56 Å². The van der Waals surface area contributed by atoms with Crippen LogP contribution in [0, 0.1) is 0 Å². The van der Waals surface area contributed by atoms with Gasteiger partial charge in [-0.3, -0.25) is 0 Å². The molecule has 2 rings (SSSR count). The molecule has 4 nitrogen and oxygen atoms in total. The molecule has 0 radical (unpaired) electrons. The lowest BCUT2D eigenvalue weighted by molar-refractivity contribution is 0.247. The number of urea groups is 1. The molecule has 1 aromatic heterocycles. The van der Waals surface area contributed by atoms with Crippen molar-refractivity contribution in [3.8, 4) is 0 Å². The Morgan fingerprint density at radius 2 is 2.38 bits per heavy atom. The van der Waals surface area contributed by atoms with E-state index in [0.29, 0.717) is 11.7 Å². The molecule has 0 saturated carbocycles. The summed E-state index contributed by atoms with van der Waals surface area (Å²) in [5.74, 6) is 0. The Morgan fingerprint density at radius 3 is 2.92 bits per heavy atom. The van der Waals surface area contributed by atoms with E-state index in [1.807, 2.05) is 6.07 Å². The van der Waals surface area contributed by atoms with Crippen LogP contribution in [-0.2, 0) is 0 Å². The van der Waals surface area contributed by atoms with Gasteiger partial charge in [-0.2, -0.15) is 0 Å². The lowest BCUT2D eigenvalue weighted by Gasteiger charge is -2.07. The van der Waals surface area contributed by atoms with Crippen LogP contribution in [0.15, 0.2) is 18.3 Å². The summed E-state index contributed by atoms with van der Waals surface area (Å²) in [6, 6.07) is 3.44. The summed E-state index contributed by atoms with van der Waals surface area (Å²) in [6.45, 7) is 0.599. The third kappa shape index (κ3) is 1.72. The van der Waals surface area contributed by atoms with Crippen molar-refractivity contribution in [1.29, 1.82) is 0 Å². The van der Waals surface area contributed by atoms with Gasteiger partial charge >= 0.3 is 6.03 Å². The number of carbonyl (C=O) groups excluding carboxylic acids is 1. The number of amides is 2. The Balaban J connectivity index is 2.17. The first-order valence-electron chi connectivity index (χ1n) is 3.91. The Labute approximate surface area is 80.3 Å². The topological polar surface area (TPSA) is 54.0 Å². The zero-order valence-electron chi connectivity index (χ0n) is 6.75. The van der Waals surface area contributed by atoms with E-state index >= 15 is 0 Å². The van der Waals surface area contributed by atoms with E-state index in [-0.39, 0.29) is 12.1 Å². The molecule has 0 aliphatic carbocycles. The number of hydrogen-bond donors (Lipinski definition) is 2. The third-order valence-corrected chi connectivity index (χ3v) is 2.15. The maximum absolute atomic E-state index is 10.8. The van der Waals surface area contributed by atoms with Gasteiger partial charge in [-0.05, 0) is 11.6 Å². The van der Waals surface area contributed by atoms with Crippen LogP contribution < -0.4 is 10.6 Å². The van der Waals surface area contributed by atoms with E-state index in [4.69, 9.17) is 11.6 Å². The molecule has 2 amide bonds. The summed E-state index contributed by atoms with van der Waals surface area (Å²) in [4.78, 5) is 14.8. The number of aromatic nitrogens is 1. The van der Waals surface area contributed by atoms with E-state index in [9.17, 15) is 4.79 Å². The summed E-state index contributed by atoms with van der Waals surface area (Å²) in [6.07, 6.45) is 1.67. The van der Waals surface area contributed by atoms with Gasteiger partial charge in [-0.15, -0.1) is 0 Å². The maximum atomic E-state index is 10.8. The predicted octanol–water partition coefficient (Wildman–Crippen LogP) is 1.09. The minimum Gasteiger partial charge on any atom is -0.336 e. The van der Waals surface area contributed by atoms with Crippen molar-refractivity contribution in [2.75, 3.05) is 6.54 Å². The largest absolute Gasteiger partial charge is 0.336 e. The van der Waals surface area contributed by atoms with Crippen LogP contribution in [0.3, 0.4) is 0 Å². The van der Waals surface area contributed by atoms with Crippen molar-refractivity contribution >= 4 is 17.6 Å². The second-order valence-electron chi connectivity index (χ2n) is 2.82. The average molecular weight is 198 g/mol. The van der Waals surface area contributed by atoms with Gasteiger partial charge in [0, 0.05) is 12.7 Å². The molecule has 13 heavy (non-hydrogen) atoms. The lowest BCUT2D eigenvalue weighted by Crippen LogP contribution is -2.21. The van der Waals surface area contributed by atoms with Crippen molar-refractivity contribution in [1.82, 2.24) is 15.6 Å². The van der Waals surface area contributed by atoms with Gasteiger partial charge < -0.3 is 10.6 Å². The Hall–Kier alpha value is -1.29. The summed E-state index contributed by atoms with van der Waals surface area (Å²) in [5.41, 5.74) is 0.961.